The second-order valence-corrected chi connectivity index (χ2v) is 3.90. The van der Waals surface area contributed by atoms with Crippen molar-refractivity contribution in [3.8, 4) is 5.75 Å². The van der Waals surface area contributed by atoms with E-state index in [1.54, 1.807) is 0 Å². The molecule has 1 rings (SSSR count). The van der Waals surface area contributed by atoms with Gasteiger partial charge < -0.3 is 9.47 Å². The van der Waals surface area contributed by atoms with Gasteiger partial charge in [0, 0.05) is 10.9 Å². The predicted octanol–water partition coefficient (Wildman–Crippen LogP) is 3.60. The largest absolute Gasteiger partial charge is 0.573 e. The number of nitrogens with zero attached hydrogens (tertiary/aromatic N) is 1. The Morgan fingerprint density at radius 2 is 2.05 bits per heavy atom. The van der Waals surface area contributed by atoms with Gasteiger partial charge in [-0.2, -0.15) is 0 Å². The molecule has 0 spiro atoms. The number of aromatic nitrogens is 1. The monoisotopic (exact) mass is 363 g/mol. The number of ether oxygens (including phenoxy) is 2. The van der Waals surface area contributed by atoms with E-state index < -0.39 is 41.3 Å². The first-order chi connectivity index (χ1) is 9.21. The van der Waals surface area contributed by atoms with Gasteiger partial charge in [0.1, 0.15) is 0 Å². The van der Waals surface area contributed by atoms with Gasteiger partial charge in [-0.25, -0.2) is 18.6 Å². The van der Waals surface area contributed by atoms with Crippen LogP contribution in [0.5, 0.6) is 5.75 Å². The van der Waals surface area contributed by atoms with E-state index in [9.17, 15) is 26.7 Å². The van der Waals surface area contributed by atoms with E-state index in [4.69, 9.17) is 0 Å². The van der Waals surface area contributed by atoms with Crippen LogP contribution >= 0.6 is 15.9 Å². The summed E-state index contributed by atoms with van der Waals surface area (Å²) in [7, 11) is 0.990. The number of esters is 1. The third-order valence-electron chi connectivity index (χ3n) is 2.14. The number of hydrogen-bond acceptors (Lipinski definition) is 4. The van der Waals surface area contributed by atoms with Crippen LogP contribution in [0.15, 0.2) is 6.20 Å². The van der Waals surface area contributed by atoms with Crippen molar-refractivity contribution in [3.05, 3.63) is 23.0 Å². The van der Waals surface area contributed by atoms with Gasteiger partial charge in [0.15, 0.2) is 11.4 Å². The molecule has 0 aliphatic carbocycles. The van der Waals surface area contributed by atoms with Crippen LogP contribution < -0.4 is 4.74 Å². The molecule has 1 heterocycles. The average Bonchev–Trinajstić information content (AvgIpc) is 2.34. The van der Waals surface area contributed by atoms with E-state index in [2.05, 4.69) is 30.4 Å². The van der Waals surface area contributed by atoms with Crippen LogP contribution in [0.2, 0.25) is 0 Å². The standard InChI is InChI=1S/C10H7BrF5NO3/c1-19-9(18)7-4(2-11)6(8(12)13)5(3-17-7)20-10(14,15)16/h3,8H,2H2,1H3. The Kier molecular flexibility index (Phi) is 5.26. The van der Waals surface area contributed by atoms with Crippen LogP contribution in [0, 0.1) is 0 Å². The number of carbonyl (C=O) groups excluding carboxylic acids is 1. The number of alkyl halides is 6. The van der Waals surface area contributed by atoms with Crippen LogP contribution in [-0.4, -0.2) is 24.4 Å². The highest BCUT2D eigenvalue weighted by atomic mass is 79.9. The first-order valence-corrected chi connectivity index (χ1v) is 6.03. The summed E-state index contributed by atoms with van der Waals surface area (Å²) in [5.74, 6) is -2.20. The van der Waals surface area contributed by atoms with Crippen molar-refractivity contribution in [3.63, 3.8) is 0 Å². The fourth-order valence-corrected chi connectivity index (χ4v) is 1.97. The third-order valence-corrected chi connectivity index (χ3v) is 2.70. The van der Waals surface area contributed by atoms with Gasteiger partial charge in [0.05, 0.1) is 18.9 Å². The molecular weight excluding hydrogens is 357 g/mol. The Morgan fingerprint density at radius 3 is 2.45 bits per heavy atom. The summed E-state index contributed by atoms with van der Waals surface area (Å²) in [6, 6.07) is 0. The van der Waals surface area contributed by atoms with Crippen molar-refractivity contribution in [1.82, 2.24) is 4.98 Å². The SMILES string of the molecule is COC(=O)c1ncc(OC(F)(F)F)c(C(F)F)c1CBr. The summed E-state index contributed by atoms with van der Waals surface area (Å²) in [5, 5.41) is -0.320. The molecule has 0 bridgehead atoms. The molecule has 0 unspecified atom stereocenters. The minimum absolute atomic E-state index is 0.320. The molecule has 0 radical (unpaired) electrons. The average molecular weight is 364 g/mol. The van der Waals surface area contributed by atoms with E-state index in [-0.39, 0.29) is 5.33 Å². The Morgan fingerprint density at radius 1 is 1.45 bits per heavy atom. The molecule has 0 aromatic carbocycles. The molecule has 0 N–H and O–H groups in total. The van der Waals surface area contributed by atoms with Gasteiger partial charge in [-0.15, -0.1) is 13.2 Å². The van der Waals surface area contributed by atoms with Gasteiger partial charge in [-0.05, 0) is 0 Å². The summed E-state index contributed by atoms with van der Waals surface area (Å²) in [5.41, 5.74) is -1.99. The summed E-state index contributed by atoms with van der Waals surface area (Å²) < 4.78 is 70.2. The van der Waals surface area contributed by atoms with Crippen LogP contribution in [0.3, 0.4) is 0 Å². The molecule has 10 heteroatoms. The zero-order valence-electron chi connectivity index (χ0n) is 9.80. The number of methoxy groups -OCH3 is 1. The topological polar surface area (TPSA) is 48.4 Å². The molecule has 0 fully saturated rings. The van der Waals surface area contributed by atoms with Crippen LogP contribution in [0.1, 0.15) is 28.0 Å². The maximum atomic E-state index is 12.9. The smallest absolute Gasteiger partial charge is 0.464 e. The minimum Gasteiger partial charge on any atom is -0.464 e. The second-order valence-electron chi connectivity index (χ2n) is 3.34. The third kappa shape index (κ3) is 3.78. The zero-order chi connectivity index (χ0) is 15.5. The lowest BCUT2D eigenvalue weighted by molar-refractivity contribution is -0.275. The lowest BCUT2D eigenvalue weighted by atomic mass is 10.1. The number of carbonyl (C=O) groups is 1. The molecule has 4 nitrogen and oxygen atoms in total. The lowest BCUT2D eigenvalue weighted by Gasteiger charge is -2.16. The second kappa shape index (κ2) is 6.33. The van der Waals surface area contributed by atoms with Crippen molar-refractivity contribution in [1.29, 1.82) is 0 Å². The normalized spacial score (nSPS) is 11.6. The summed E-state index contributed by atoms with van der Waals surface area (Å²) in [6.07, 6.45) is -8.03. The highest BCUT2D eigenvalue weighted by Gasteiger charge is 2.35. The highest BCUT2D eigenvalue weighted by Crippen LogP contribution is 2.37. The molecule has 0 saturated heterocycles. The summed E-state index contributed by atoms with van der Waals surface area (Å²) in [6.45, 7) is 0. The molecule has 0 saturated carbocycles. The zero-order valence-corrected chi connectivity index (χ0v) is 11.4. The molecule has 1 aromatic rings. The van der Waals surface area contributed by atoms with E-state index in [0.717, 1.165) is 7.11 Å². The van der Waals surface area contributed by atoms with E-state index in [0.29, 0.717) is 6.20 Å². The van der Waals surface area contributed by atoms with Crippen LogP contribution in [0.4, 0.5) is 22.0 Å². The van der Waals surface area contributed by atoms with Crippen LogP contribution in [-0.2, 0) is 10.1 Å². The van der Waals surface area contributed by atoms with Crippen molar-refractivity contribution < 1.29 is 36.2 Å². The Labute approximate surface area is 118 Å². The predicted molar refractivity (Wildman–Crippen MR) is 59.8 cm³/mol. The van der Waals surface area contributed by atoms with Crippen LogP contribution in [0.25, 0.3) is 0 Å². The maximum absolute atomic E-state index is 12.9. The molecule has 20 heavy (non-hydrogen) atoms. The Hall–Kier alpha value is -1.45. The number of halogens is 6. The number of rotatable bonds is 4. The highest BCUT2D eigenvalue weighted by molar-refractivity contribution is 9.08. The van der Waals surface area contributed by atoms with E-state index >= 15 is 0 Å². The molecule has 0 amide bonds. The van der Waals surface area contributed by atoms with Gasteiger partial charge in [0.25, 0.3) is 6.43 Å². The molecule has 0 atom stereocenters. The van der Waals surface area contributed by atoms with Crippen molar-refractivity contribution in [2.75, 3.05) is 7.11 Å². The Bertz CT molecular complexity index is 506. The van der Waals surface area contributed by atoms with Crippen molar-refractivity contribution in [2.45, 2.75) is 18.1 Å². The summed E-state index contributed by atoms with van der Waals surface area (Å²) >= 11 is 2.82. The molecule has 112 valence electrons. The maximum Gasteiger partial charge on any atom is 0.573 e. The van der Waals surface area contributed by atoms with Gasteiger partial charge >= 0.3 is 12.3 Å². The Balaban J connectivity index is 3.46. The first-order valence-electron chi connectivity index (χ1n) is 4.91. The van der Waals surface area contributed by atoms with Crippen molar-refractivity contribution >= 4 is 21.9 Å². The first kappa shape index (κ1) is 16.6. The quantitative estimate of drug-likeness (QED) is 0.466. The fraction of sp³-hybridized carbons (Fsp3) is 0.400. The van der Waals surface area contributed by atoms with E-state index in [1.807, 2.05) is 0 Å². The van der Waals surface area contributed by atoms with Gasteiger partial charge in [0.2, 0.25) is 0 Å². The molecule has 1 aromatic heterocycles. The lowest BCUT2D eigenvalue weighted by Crippen LogP contribution is -2.20. The van der Waals surface area contributed by atoms with E-state index in [1.165, 1.54) is 0 Å². The fourth-order valence-electron chi connectivity index (χ4n) is 1.40. The number of hydrogen-bond donors (Lipinski definition) is 0. The molecule has 0 aliphatic heterocycles. The molecular formula is C10H7BrF5NO3. The minimum atomic E-state index is -5.15. The van der Waals surface area contributed by atoms with Gasteiger partial charge in [-0.1, -0.05) is 15.9 Å². The van der Waals surface area contributed by atoms with Gasteiger partial charge in [-0.3, -0.25) is 0 Å². The number of pyridine rings is 1. The van der Waals surface area contributed by atoms with Crippen molar-refractivity contribution in [2.24, 2.45) is 0 Å². The summed E-state index contributed by atoms with van der Waals surface area (Å²) in [4.78, 5) is 14.7. The molecule has 0 aliphatic rings.